The summed E-state index contributed by atoms with van der Waals surface area (Å²) >= 11 is 0. The van der Waals surface area contributed by atoms with Gasteiger partial charge in [-0.25, -0.2) is 18.4 Å². The Balaban J connectivity index is 1.00. The van der Waals surface area contributed by atoms with Crippen LogP contribution in [-0.4, -0.2) is 156 Å². The summed E-state index contributed by atoms with van der Waals surface area (Å²) < 4.78 is 62.0. The zero-order valence-corrected chi connectivity index (χ0v) is 43.4. The number of hydrogen-bond donors (Lipinski definition) is 2. The van der Waals surface area contributed by atoms with Gasteiger partial charge in [0.25, 0.3) is 11.8 Å². The maximum Gasteiger partial charge on any atom is 0.339 e. The summed E-state index contributed by atoms with van der Waals surface area (Å²) in [5.41, 5.74) is 1.86. The number of ether oxygens (including phenoxy) is 6. The van der Waals surface area contributed by atoms with Gasteiger partial charge in [-0.1, -0.05) is 48.5 Å². The van der Waals surface area contributed by atoms with Crippen molar-refractivity contribution < 1.29 is 66.6 Å². The lowest BCUT2D eigenvalue weighted by molar-refractivity contribution is -0.184. The third-order valence-corrected chi connectivity index (χ3v) is 15.0. The van der Waals surface area contributed by atoms with Gasteiger partial charge in [0.1, 0.15) is 25.2 Å². The molecule has 0 aromatic heterocycles. The van der Waals surface area contributed by atoms with E-state index in [9.17, 15) is 39.1 Å². The van der Waals surface area contributed by atoms with Crippen molar-refractivity contribution >= 4 is 23.8 Å². The number of carbonyl (C=O) groups excluding carboxylic acids is 4. The molecule has 6 atom stereocenters. The van der Waals surface area contributed by atoms with E-state index < -0.39 is 71.9 Å². The molecule has 20 heteroatoms. The minimum absolute atomic E-state index is 0.0182. The van der Waals surface area contributed by atoms with Gasteiger partial charge in [-0.3, -0.25) is 9.59 Å². The first-order chi connectivity index (χ1) is 37.8. The predicted octanol–water partition coefficient (Wildman–Crippen LogP) is 5.59. The van der Waals surface area contributed by atoms with Crippen LogP contribution in [0.1, 0.15) is 97.0 Å². The van der Waals surface area contributed by atoms with Gasteiger partial charge in [0, 0.05) is 75.6 Å². The third kappa shape index (κ3) is 15.7. The number of likely N-dealkylation sites (tertiary alicyclic amines) is 2. The summed E-state index contributed by atoms with van der Waals surface area (Å²) in [6, 6.07) is 25.8. The van der Waals surface area contributed by atoms with Gasteiger partial charge in [-0.05, 0) is 111 Å². The molecule has 78 heavy (non-hydrogen) atoms. The molecular weight excluding hydrogens is 1010 g/mol. The normalized spacial score (nSPS) is 20.2. The van der Waals surface area contributed by atoms with E-state index in [1.54, 1.807) is 24.3 Å². The van der Waals surface area contributed by atoms with Gasteiger partial charge >= 0.3 is 11.9 Å². The number of benzene rings is 4. The second kappa shape index (κ2) is 28.2. The zero-order chi connectivity index (χ0) is 55.0. The van der Waals surface area contributed by atoms with Crippen molar-refractivity contribution in [2.24, 2.45) is 0 Å². The van der Waals surface area contributed by atoms with Gasteiger partial charge < -0.3 is 58.2 Å². The van der Waals surface area contributed by atoms with E-state index in [0.717, 1.165) is 38.8 Å². The van der Waals surface area contributed by atoms with E-state index in [2.05, 4.69) is 9.80 Å². The number of aliphatic hydroxyl groups excluding tert-OH is 2. The van der Waals surface area contributed by atoms with E-state index in [1.807, 2.05) is 12.1 Å². The highest BCUT2D eigenvalue weighted by molar-refractivity contribution is 5.91. The molecule has 2 N–H and O–H groups in total. The lowest BCUT2D eigenvalue weighted by atomic mass is 9.98. The Morgan fingerprint density at radius 1 is 0.564 bits per heavy atom. The highest BCUT2D eigenvalue weighted by Crippen LogP contribution is 2.31. The predicted molar refractivity (Wildman–Crippen MR) is 275 cm³/mol. The second-order valence-electron chi connectivity index (χ2n) is 20.1. The Bertz CT molecular complexity index is 2500. The lowest BCUT2D eigenvalue weighted by Crippen LogP contribution is -2.50. The number of nitrogens with zero attached hydrogens (tertiary/aromatic N) is 6. The summed E-state index contributed by atoms with van der Waals surface area (Å²) in [4.78, 5) is 66.0. The molecule has 4 aliphatic heterocycles. The number of nitriles is 2. The molecule has 4 aliphatic rings. The Morgan fingerprint density at radius 3 is 1.24 bits per heavy atom. The maximum atomic E-state index is 15.1. The van der Waals surface area contributed by atoms with Crippen LogP contribution in [0.15, 0.2) is 97.1 Å². The number of amides is 2. The second-order valence-corrected chi connectivity index (χ2v) is 20.1. The van der Waals surface area contributed by atoms with Crippen LogP contribution in [0.25, 0.3) is 0 Å². The van der Waals surface area contributed by atoms with Crippen molar-refractivity contribution in [3.05, 3.63) is 142 Å². The van der Waals surface area contributed by atoms with Crippen LogP contribution < -0.4 is 0 Å². The highest BCUT2D eigenvalue weighted by Gasteiger charge is 2.42. The molecule has 414 valence electrons. The molecule has 6 unspecified atom stereocenters. The van der Waals surface area contributed by atoms with Gasteiger partial charge in [-0.2, -0.15) is 10.5 Å². The standard InChI is InChI=1S/C58H66F2N6O12/c59-45-13-5-41(6-14-45)35-65(47-17-25-63(26-18-47)29-21-49-23-31-73-37-75-49)55(69)53(43-9-1-39(33-61)2-10-43)77-57(71)51(67)52(68)58(72)78-54(44-11-3-40(34-62)4-12-44)56(70)66(36-42-7-15-46(60)16-8-42)48-19-27-64(28-20-48)30-22-50-24-32-74-38-76-50/h1-16,47-54,67-68H,17-32,35-38H2. The first-order valence-corrected chi connectivity index (χ1v) is 26.6. The first kappa shape index (κ1) is 57.5. The highest BCUT2D eigenvalue weighted by atomic mass is 19.1. The van der Waals surface area contributed by atoms with Crippen LogP contribution in [0.5, 0.6) is 0 Å². The van der Waals surface area contributed by atoms with Gasteiger partial charge in [0.05, 0.1) is 48.7 Å². The SMILES string of the molecule is N#Cc1ccc(C(OC(=O)C(O)C(O)C(=O)OC(C(=O)N(Cc2ccc(F)cc2)C2CCN(CCC3CCOCO3)CC2)c2ccc(C#N)cc2)C(=O)N(Cc2ccc(F)cc2)C2CCN(CCC3CCOCO3)CC2)cc1. The average molecular weight is 1080 g/mol. The quantitative estimate of drug-likeness (QED) is 0.0970. The number of aliphatic hydroxyl groups is 2. The van der Waals surface area contributed by atoms with Gasteiger partial charge in [0.15, 0.2) is 12.2 Å². The van der Waals surface area contributed by atoms with E-state index in [-0.39, 0.29) is 61.1 Å². The molecular formula is C58H66F2N6O12. The monoisotopic (exact) mass is 1080 g/mol. The molecule has 4 saturated heterocycles. The van der Waals surface area contributed by atoms with Crippen LogP contribution in [0.4, 0.5) is 8.78 Å². The topological polar surface area (TPSA) is 225 Å². The van der Waals surface area contributed by atoms with Gasteiger partial charge in [0.2, 0.25) is 12.2 Å². The van der Waals surface area contributed by atoms with E-state index in [1.165, 1.54) is 82.6 Å². The molecule has 4 aromatic rings. The van der Waals surface area contributed by atoms with Crippen LogP contribution in [0.3, 0.4) is 0 Å². The largest absolute Gasteiger partial charge is 0.445 e. The number of piperidine rings is 2. The summed E-state index contributed by atoms with van der Waals surface area (Å²) in [5, 5.41) is 42.2. The average Bonchev–Trinajstić information content (AvgIpc) is 3.55. The fourth-order valence-corrected chi connectivity index (χ4v) is 10.3. The van der Waals surface area contributed by atoms with E-state index in [4.69, 9.17) is 28.4 Å². The minimum atomic E-state index is -2.65. The van der Waals surface area contributed by atoms with Crippen molar-refractivity contribution in [2.75, 3.05) is 66.1 Å². The molecule has 0 bridgehead atoms. The number of carbonyl (C=O) groups is 4. The molecule has 4 aromatic carbocycles. The van der Waals surface area contributed by atoms with Gasteiger partial charge in [-0.15, -0.1) is 0 Å². The zero-order valence-electron chi connectivity index (χ0n) is 43.4. The van der Waals surface area contributed by atoms with Crippen molar-refractivity contribution in [3.8, 4) is 12.1 Å². The molecule has 2 amide bonds. The van der Waals surface area contributed by atoms with Crippen molar-refractivity contribution in [1.82, 2.24) is 19.6 Å². The third-order valence-electron chi connectivity index (χ3n) is 15.0. The maximum absolute atomic E-state index is 15.1. The Labute approximate surface area is 452 Å². The number of esters is 2. The summed E-state index contributed by atoms with van der Waals surface area (Å²) in [7, 11) is 0. The smallest absolute Gasteiger partial charge is 0.339 e. The Morgan fingerprint density at radius 2 is 0.923 bits per heavy atom. The molecule has 0 spiro atoms. The number of rotatable bonds is 21. The number of halogens is 2. The Hall–Kier alpha value is -6.72. The van der Waals surface area contributed by atoms with Crippen LogP contribution in [0.2, 0.25) is 0 Å². The van der Waals surface area contributed by atoms with Crippen LogP contribution in [0, 0.1) is 34.3 Å². The fraction of sp³-hybridized carbons (Fsp3) is 0.483. The van der Waals surface area contributed by atoms with Crippen molar-refractivity contribution in [2.45, 2.75) is 113 Å². The Kier molecular flexibility index (Phi) is 20.8. The van der Waals surface area contributed by atoms with Crippen LogP contribution in [-0.2, 0) is 60.7 Å². The molecule has 0 aliphatic carbocycles. The summed E-state index contributed by atoms with van der Waals surface area (Å²) in [6.45, 7) is 5.77. The molecule has 0 radical (unpaired) electrons. The van der Waals surface area contributed by atoms with Crippen molar-refractivity contribution in [3.63, 3.8) is 0 Å². The molecule has 18 nitrogen and oxygen atoms in total. The fourth-order valence-electron chi connectivity index (χ4n) is 10.3. The molecule has 8 rings (SSSR count). The minimum Gasteiger partial charge on any atom is -0.445 e. The first-order valence-electron chi connectivity index (χ1n) is 26.6. The molecule has 0 saturated carbocycles. The van der Waals surface area contributed by atoms with Crippen LogP contribution >= 0.6 is 0 Å². The summed E-state index contributed by atoms with van der Waals surface area (Å²) in [5.74, 6) is -5.56. The molecule has 4 fully saturated rings. The van der Waals surface area contributed by atoms with E-state index >= 15 is 9.59 Å². The molecule has 4 heterocycles. The summed E-state index contributed by atoms with van der Waals surface area (Å²) in [6.07, 6.45) is -3.40. The van der Waals surface area contributed by atoms with Crippen molar-refractivity contribution in [1.29, 1.82) is 10.5 Å². The van der Waals surface area contributed by atoms with E-state index in [0.29, 0.717) is 76.2 Å². The number of hydrogen-bond acceptors (Lipinski definition) is 16. The lowest BCUT2D eigenvalue weighted by Gasteiger charge is -2.40.